The number of anilines is 2. The first-order chi connectivity index (χ1) is 11.4. The Morgan fingerprint density at radius 1 is 1.21 bits per heavy atom. The molecule has 130 valence electrons. The van der Waals surface area contributed by atoms with Crippen molar-refractivity contribution in [3.8, 4) is 0 Å². The van der Waals surface area contributed by atoms with Gasteiger partial charge in [-0.15, -0.1) is 0 Å². The van der Waals surface area contributed by atoms with Crippen molar-refractivity contribution in [2.75, 3.05) is 43.9 Å². The highest BCUT2D eigenvalue weighted by atomic mass is 16.2. The van der Waals surface area contributed by atoms with Gasteiger partial charge in [0.1, 0.15) is 0 Å². The van der Waals surface area contributed by atoms with Gasteiger partial charge < -0.3 is 20.4 Å². The number of aryl methyl sites for hydroxylation is 1. The number of nitrogens with zero attached hydrogens (tertiary/aromatic N) is 2. The van der Waals surface area contributed by atoms with Crippen LogP contribution in [0.3, 0.4) is 0 Å². The lowest BCUT2D eigenvalue weighted by Crippen LogP contribution is -2.38. The second kappa shape index (κ2) is 7.92. The summed E-state index contributed by atoms with van der Waals surface area (Å²) in [6.45, 7) is 3.33. The Kier molecular flexibility index (Phi) is 5.92. The van der Waals surface area contributed by atoms with Crippen molar-refractivity contribution < 1.29 is 14.4 Å². The summed E-state index contributed by atoms with van der Waals surface area (Å²) in [7, 11) is 3.79. The van der Waals surface area contributed by atoms with Gasteiger partial charge in [-0.3, -0.25) is 14.4 Å². The first kappa shape index (κ1) is 17.9. The number of carbonyl (C=O) groups excluding carboxylic acids is 3. The molecule has 7 nitrogen and oxygen atoms in total. The van der Waals surface area contributed by atoms with Crippen molar-refractivity contribution in [3.05, 3.63) is 23.8 Å². The molecule has 1 aromatic rings. The van der Waals surface area contributed by atoms with Crippen LogP contribution >= 0.6 is 0 Å². The van der Waals surface area contributed by atoms with Crippen molar-refractivity contribution in [1.29, 1.82) is 0 Å². The second-order valence-corrected chi connectivity index (χ2v) is 6.13. The zero-order valence-corrected chi connectivity index (χ0v) is 14.4. The van der Waals surface area contributed by atoms with Gasteiger partial charge in [0, 0.05) is 37.9 Å². The Labute approximate surface area is 142 Å². The van der Waals surface area contributed by atoms with E-state index in [-0.39, 0.29) is 5.91 Å². The topological polar surface area (TPSA) is 81.8 Å². The van der Waals surface area contributed by atoms with Crippen molar-refractivity contribution in [1.82, 2.24) is 10.2 Å². The second-order valence-electron chi connectivity index (χ2n) is 6.13. The number of nitrogens with one attached hydrogen (secondary N) is 2. The molecule has 24 heavy (non-hydrogen) atoms. The van der Waals surface area contributed by atoms with Crippen LogP contribution in [0.1, 0.15) is 18.9 Å². The Bertz CT molecular complexity index is 643. The molecule has 3 amide bonds. The lowest BCUT2D eigenvalue weighted by Gasteiger charge is -2.28. The molecule has 1 aliphatic heterocycles. The lowest BCUT2D eigenvalue weighted by molar-refractivity contribution is -0.136. The number of rotatable bonds is 4. The minimum atomic E-state index is -0.687. The van der Waals surface area contributed by atoms with Crippen LogP contribution in [-0.4, -0.2) is 56.4 Å². The first-order valence-corrected chi connectivity index (χ1v) is 8.03. The molecule has 1 aromatic carbocycles. The molecule has 0 aliphatic carbocycles. The average Bonchev–Trinajstić information content (AvgIpc) is 2.53. The maximum absolute atomic E-state index is 11.9. The molecule has 1 heterocycles. The molecule has 0 saturated heterocycles. The monoisotopic (exact) mass is 332 g/mol. The SMILES string of the molecule is CC(=O)N1CCCc2cc(NC(=O)C(=O)NCCN(C)C)ccc21. The fourth-order valence-corrected chi connectivity index (χ4v) is 2.66. The van der Waals surface area contributed by atoms with E-state index in [0.717, 1.165) is 24.1 Å². The Morgan fingerprint density at radius 3 is 2.62 bits per heavy atom. The summed E-state index contributed by atoms with van der Waals surface area (Å²) in [5.74, 6) is -1.33. The van der Waals surface area contributed by atoms with Gasteiger partial charge in [-0.1, -0.05) is 0 Å². The van der Waals surface area contributed by atoms with Crippen molar-refractivity contribution in [3.63, 3.8) is 0 Å². The molecular weight excluding hydrogens is 308 g/mol. The summed E-state index contributed by atoms with van der Waals surface area (Å²) < 4.78 is 0. The Hall–Kier alpha value is -2.41. The third-order valence-corrected chi connectivity index (χ3v) is 3.89. The molecule has 0 unspecified atom stereocenters. The van der Waals surface area contributed by atoms with Crippen molar-refractivity contribution in [2.45, 2.75) is 19.8 Å². The highest BCUT2D eigenvalue weighted by molar-refractivity contribution is 6.39. The fraction of sp³-hybridized carbons (Fsp3) is 0.471. The number of amides is 3. The van der Waals surface area contributed by atoms with E-state index in [2.05, 4.69) is 10.6 Å². The molecule has 0 radical (unpaired) electrons. The normalized spacial score (nSPS) is 13.4. The summed E-state index contributed by atoms with van der Waals surface area (Å²) >= 11 is 0. The molecule has 0 fully saturated rings. The van der Waals surface area contributed by atoms with Gasteiger partial charge in [0.2, 0.25) is 5.91 Å². The zero-order valence-electron chi connectivity index (χ0n) is 14.4. The number of benzene rings is 1. The molecule has 0 atom stereocenters. The van der Waals surface area contributed by atoms with Gasteiger partial charge in [0.15, 0.2) is 0 Å². The Morgan fingerprint density at radius 2 is 1.96 bits per heavy atom. The van der Waals surface area contributed by atoms with Crippen LogP contribution in [0.4, 0.5) is 11.4 Å². The molecular formula is C17H24N4O3. The largest absolute Gasteiger partial charge is 0.347 e. The number of fused-ring (bicyclic) bond motifs is 1. The van der Waals surface area contributed by atoms with E-state index in [0.29, 0.717) is 25.3 Å². The van der Waals surface area contributed by atoms with Crippen LogP contribution in [0.15, 0.2) is 18.2 Å². The number of carbonyl (C=O) groups is 3. The maximum Gasteiger partial charge on any atom is 0.313 e. The van der Waals surface area contributed by atoms with E-state index in [1.54, 1.807) is 17.9 Å². The fourth-order valence-electron chi connectivity index (χ4n) is 2.66. The minimum absolute atomic E-state index is 0.00741. The number of likely N-dealkylation sites (N-methyl/N-ethyl adjacent to an activating group) is 1. The summed E-state index contributed by atoms with van der Waals surface area (Å²) in [4.78, 5) is 39.0. The van der Waals surface area contributed by atoms with Gasteiger partial charge in [-0.25, -0.2) is 0 Å². The van der Waals surface area contributed by atoms with E-state index in [1.165, 1.54) is 0 Å². The first-order valence-electron chi connectivity index (χ1n) is 8.03. The van der Waals surface area contributed by atoms with Crippen molar-refractivity contribution in [2.24, 2.45) is 0 Å². The quantitative estimate of drug-likeness (QED) is 0.791. The predicted octanol–water partition coefficient (Wildman–Crippen LogP) is 0.602. The predicted molar refractivity (Wildman–Crippen MR) is 93.0 cm³/mol. The van der Waals surface area contributed by atoms with Crippen LogP contribution in [0.5, 0.6) is 0 Å². The third kappa shape index (κ3) is 4.55. The summed E-state index contributed by atoms with van der Waals surface area (Å²) in [6, 6.07) is 5.36. The molecule has 0 saturated carbocycles. The van der Waals surface area contributed by atoms with Crippen LogP contribution in [0, 0.1) is 0 Å². The van der Waals surface area contributed by atoms with Crippen LogP contribution in [0.2, 0.25) is 0 Å². The smallest absolute Gasteiger partial charge is 0.313 e. The number of hydrogen-bond acceptors (Lipinski definition) is 4. The standard InChI is InChI=1S/C17H24N4O3/c1-12(22)21-9-4-5-13-11-14(6-7-15(13)21)19-17(24)16(23)18-8-10-20(2)3/h6-7,11H,4-5,8-10H2,1-3H3,(H,18,23)(H,19,24). The van der Waals surface area contributed by atoms with Crippen molar-refractivity contribution >= 4 is 29.1 Å². The van der Waals surface area contributed by atoms with Crippen LogP contribution in [0.25, 0.3) is 0 Å². The van der Waals surface area contributed by atoms with E-state index in [4.69, 9.17) is 0 Å². The zero-order chi connectivity index (χ0) is 17.7. The van der Waals surface area contributed by atoms with Gasteiger partial charge >= 0.3 is 11.8 Å². The summed E-state index contributed by atoms with van der Waals surface area (Å²) in [5, 5.41) is 5.18. The Balaban J connectivity index is 1.99. The highest BCUT2D eigenvalue weighted by Crippen LogP contribution is 2.29. The summed E-state index contributed by atoms with van der Waals surface area (Å²) in [5.41, 5.74) is 2.44. The van der Waals surface area contributed by atoms with Gasteiger partial charge in [-0.2, -0.15) is 0 Å². The summed E-state index contributed by atoms with van der Waals surface area (Å²) in [6.07, 6.45) is 1.73. The molecule has 0 spiro atoms. The minimum Gasteiger partial charge on any atom is -0.347 e. The highest BCUT2D eigenvalue weighted by Gasteiger charge is 2.21. The molecule has 1 aliphatic rings. The van der Waals surface area contributed by atoms with Crippen LogP contribution in [-0.2, 0) is 20.8 Å². The van der Waals surface area contributed by atoms with E-state index >= 15 is 0 Å². The van der Waals surface area contributed by atoms with Gasteiger partial charge in [0.25, 0.3) is 0 Å². The molecule has 0 aromatic heterocycles. The van der Waals surface area contributed by atoms with Crippen LogP contribution < -0.4 is 15.5 Å². The third-order valence-electron chi connectivity index (χ3n) is 3.89. The molecule has 2 N–H and O–H groups in total. The van der Waals surface area contributed by atoms with E-state index in [1.807, 2.05) is 31.1 Å². The molecule has 2 rings (SSSR count). The molecule has 0 bridgehead atoms. The average molecular weight is 332 g/mol. The maximum atomic E-state index is 11.9. The van der Waals surface area contributed by atoms with Gasteiger partial charge in [-0.05, 0) is 50.7 Å². The van der Waals surface area contributed by atoms with E-state index < -0.39 is 11.8 Å². The molecule has 7 heteroatoms. The van der Waals surface area contributed by atoms with E-state index in [9.17, 15) is 14.4 Å². The number of hydrogen-bond donors (Lipinski definition) is 2. The lowest BCUT2D eigenvalue weighted by atomic mass is 10.0. The van der Waals surface area contributed by atoms with Gasteiger partial charge in [0.05, 0.1) is 0 Å².